The van der Waals surface area contributed by atoms with Crippen molar-refractivity contribution in [2.24, 2.45) is 0 Å². The molecule has 0 spiro atoms. The molecule has 8 heteroatoms. The Morgan fingerprint density at radius 3 is 2.71 bits per heavy atom. The van der Waals surface area contributed by atoms with Crippen molar-refractivity contribution in [3.05, 3.63) is 14.7 Å². The van der Waals surface area contributed by atoms with Crippen LogP contribution in [0.5, 0.6) is 0 Å². The summed E-state index contributed by atoms with van der Waals surface area (Å²) in [4.78, 5) is 1.36. The summed E-state index contributed by atoms with van der Waals surface area (Å²) in [5.41, 5.74) is 0. The summed E-state index contributed by atoms with van der Waals surface area (Å²) in [6.07, 6.45) is 1.05. The molecule has 0 fully saturated rings. The van der Waals surface area contributed by atoms with Crippen molar-refractivity contribution in [2.45, 2.75) is 31.7 Å². The molecule has 0 bridgehead atoms. The first-order valence-corrected chi connectivity index (χ1v) is 10.00. The molecule has 122 valence electrons. The van der Waals surface area contributed by atoms with Crippen molar-refractivity contribution >= 4 is 37.3 Å². The minimum Gasteiger partial charge on any atom is -0.383 e. The van der Waals surface area contributed by atoms with Crippen molar-refractivity contribution in [2.75, 3.05) is 33.4 Å². The molecule has 1 heterocycles. The zero-order chi connectivity index (χ0) is 15.9. The highest BCUT2D eigenvalue weighted by Gasteiger charge is 2.27. The Balaban J connectivity index is 2.91. The van der Waals surface area contributed by atoms with Crippen LogP contribution in [-0.4, -0.2) is 46.1 Å². The second-order valence-corrected chi connectivity index (χ2v) is 8.88. The van der Waals surface area contributed by atoms with Crippen LogP contribution in [0.25, 0.3) is 0 Å². The number of methoxy groups -OCH3 is 1. The van der Waals surface area contributed by atoms with Crippen molar-refractivity contribution in [3.63, 3.8) is 0 Å². The largest absolute Gasteiger partial charge is 0.383 e. The number of likely N-dealkylation sites (N-methyl/N-ethyl adjacent to an activating group) is 1. The third-order valence-electron chi connectivity index (χ3n) is 2.95. The number of rotatable bonds is 10. The summed E-state index contributed by atoms with van der Waals surface area (Å²) in [5.74, 6) is 0. The van der Waals surface area contributed by atoms with Gasteiger partial charge < -0.3 is 10.1 Å². The van der Waals surface area contributed by atoms with E-state index in [-0.39, 0.29) is 0 Å². The quantitative estimate of drug-likeness (QED) is 0.615. The predicted octanol–water partition coefficient (Wildman–Crippen LogP) is 2.67. The Labute approximate surface area is 139 Å². The summed E-state index contributed by atoms with van der Waals surface area (Å²) >= 11 is 4.84. The minimum atomic E-state index is -3.47. The smallest absolute Gasteiger partial charge is 0.245 e. The molecule has 0 radical (unpaired) electrons. The number of hydrogen-bond donors (Lipinski definition) is 1. The lowest BCUT2D eigenvalue weighted by atomic mass is 10.4. The fourth-order valence-electron chi connectivity index (χ4n) is 1.83. The van der Waals surface area contributed by atoms with E-state index in [1.54, 1.807) is 13.2 Å². The molecule has 0 aliphatic carbocycles. The lowest BCUT2D eigenvalue weighted by Crippen LogP contribution is -2.33. The van der Waals surface area contributed by atoms with Crippen molar-refractivity contribution in [3.8, 4) is 0 Å². The average Bonchev–Trinajstić information content (AvgIpc) is 2.81. The number of hydrogen-bond acceptors (Lipinski definition) is 5. The van der Waals surface area contributed by atoms with E-state index >= 15 is 0 Å². The Hall–Kier alpha value is 0.01000. The van der Waals surface area contributed by atoms with E-state index in [4.69, 9.17) is 4.74 Å². The third kappa shape index (κ3) is 5.30. The van der Waals surface area contributed by atoms with E-state index in [2.05, 4.69) is 28.2 Å². The summed E-state index contributed by atoms with van der Waals surface area (Å²) in [7, 11) is -1.91. The zero-order valence-corrected chi connectivity index (χ0v) is 15.9. The van der Waals surface area contributed by atoms with Gasteiger partial charge in [-0.25, -0.2) is 8.42 Å². The standard InChI is InChI=1S/C13H23BrN2O3S2/c1-4-6-15-10-11-9-12(13(14)20-11)21(17,18)16(5-2)7-8-19-3/h9,15H,4-8,10H2,1-3H3. The van der Waals surface area contributed by atoms with E-state index in [0.29, 0.717) is 34.9 Å². The van der Waals surface area contributed by atoms with E-state index in [0.717, 1.165) is 17.8 Å². The molecular formula is C13H23BrN2O3S2. The summed E-state index contributed by atoms with van der Waals surface area (Å²) in [6.45, 7) is 6.72. The maximum Gasteiger partial charge on any atom is 0.245 e. The van der Waals surface area contributed by atoms with Crippen LogP contribution < -0.4 is 5.32 Å². The molecule has 0 aliphatic heterocycles. The minimum absolute atomic E-state index is 0.346. The highest BCUT2D eigenvalue weighted by Crippen LogP contribution is 2.33. The first-order valence-electron chi connectivity index (χ1n) is 6.95. The molecule has 1 N–H and O–H groups in total. The summed E-state index contributed by atoms with van der Waals surface area (Å²) < 4.78 is 32.4. The SMILES string of the molecule is CCCNCc1cc(S(=O)(=O)N(CC)CCOC)c(Br)s1. The highest BCUT2D eigenvalue weighted by atomic mass is 79.9. The van der Waals surface area contributed by atoms with Gasteiger partial charge in [0, 0.05) is 31.6 Å². The lowest BCUT2D eigenvalue weighted by molar-refractivity contribution is 0.180. The van der Waals surface area contributed by atoms with E-state index < -0.39 is 10.0 Å². The maximum absolute atomic E-state index is 12.7. The van der Waals surface area contributed by atoms with Crippen LogP contribution in [0.15, 0.2) is 14.7 Å². The van der Waals surface area contributed by atoms with Crippen LogP contribution in [-0.2, 0) is 21.3 Å². The number of nitrogens with one attached hydrogen (secondary N) is 1. The maximum atomic E-state index is 12.7. The van der Waals surface area contributed by atoms with Crippen LogP contribution in [0.4, 0.5) is 0 Å². The number of ether oxygens (including phenoxy) is 1. The molecule has 0 saturated heterocycles. The molecular weight excluding hydrogens is 376 g/mol. The molecule has 1 aromatic heterocycles. The lowest BCUT2D eigenvalue weighted by Gasteiger charge is -2.19. The summed E-state index contributed by atoms with van der Waals surface area (Å²) in [6, 6.07) is 1.75. The van der Waals surface area contributed by atoms with Crippen LogP contribution in [0, 0.1) is 0 Å². The van der Waals surface area contributed by atoms with Gasteiger partial charge in [-0.1, -0.05) is 13.8 Å². The van der Waals surface area contributed by atoms with E-state index in [1.165, 1.54) is 15.6 Å². The van der Waals surface area contributed by atoms with Gasteiger partial charge in [0.15, 0.2) is 0 Å². The van der Waals surface area contributed by atoms with Gasteiger partial charge in [0.1, 0.15) is 4.90 Å². The average molecular weight is 399 g/mol. The fourth-order valence-corrected chi connectivity index (χ4v) is 5.86. The first-order chi connectivity index (χ1) is 9.97. The highest BCUT2D eigenvalue weighted by molar-refractivity contribution is 9.11. The Morgan fingerprint density at radius 1 is 1.43 bits per heavy atom. The molecule has 0 unspecified atom stereocenters. The van der Waals surface area contributed by atoms with Crippen LogP contribution >= 0.6 is 27.3 Å². The number of halogens is 1. The molecule has 0 saturated carbocycles. The molecule has 1 aromatic rings. The van der Waals surface area contributed by atoms with Gasteiger partial charge in [-0.05, 0) is 35.0 Å². The monoisotopic (exact) mass is 398 g/mol. The van der Waals surface area contributed by atoms with Gasteiger partial charge in [0.25, 0.3) is 0 Å². The summed E-state index contributed by atoms with van der Waals surface area (Å²) in [5, 5.41) is 3.28. The van der Waals surface area contributed by atoms with Gasteiger partial charge in [0.2, 0.25) is 10.0 Å². The second kappa shape index (κ2) is 9.22. The third-order valence-corrected chi connectivity index (χ3v) is 7.17. The molecule has 1 rings (SSSR count). The van der Waals surface area contributed by atoms with Crippen molar-refractivity contribution < 1.29 is 13.2 Å². The van der Waals surface area contributed by atoms with Crippen LogP contribution in [0.2, 0.25) is 0 Å². The molecule has 0 amide bonds. The van der Waals surface area contributed by atoms with E-state index in [9.17, 15) is 8.42 Å². The first kappa shape index (κ1) is 19.1. The van der Waals surface area contributed by atoms with Crippen molar-refractivity contribution in [1.82, 2.24) is 9.62 Å². The zero-order valence-electron chi connectivity index (χ0n) is 12.7. The second-order valence-electron chi connectivity index (χ2n) is 4.52. The Morgan fingerprint density at radius 2 is 2.14 bits per heavy atom. The van der Waals surface area contributed by atoms with Gasteiger partial charge in [0.05, 0.1) is 10.4 Å². The molecule has 0 aliphatic rings. The molecule has 21 heavy (non-hydrogen) atoms. The number of sulfonamides is 1. The molecule has 0 atom stereocenters. The fraction of sp³-hybridized carbons (Fsp3) is 0.692. The number of nitrogens with zero attached hydrogens (tertiary/aromatic N) is 1. The number of thiophene rings is 1. The Kier molecular flexibility index (Phi) is 8.36. The molecule has 0 aromatic carbocycles. The topological polar surface area (TPSA) is 58.6 Å². The van der Waals surface area contributed by atoms with Crippen LogP contribution in [0.1, 0.15) is 25.1 Å². The predicted molar refractivity (Wildman–Crippen MR) is 90.3 cm³/mol. The van der Waals surface area contributed by atoms with Crippen LogP contribution in [0.3, 0.4) is 0 Å². The Bertz CT molecular complexity index is 532. The van der Waals surface area contributed by atoms with Gasteiger partial charge in [-0.2, -0.15) is 4.31 Å². The van der Waals surface area contributed by atoms with Gasteiger partial charge in [-0.3, -0.25) is 0 Å². The van der Waals surface area contributed by atoms with E-state index in [1.807, 2.05) is 6.92 Å². The van der Waals surface area contributed by atoms with Gasteiger partial charge >= 0.3 is 0 Å². The molecule has 5 nitrogen and oxygen atoms in total. The van der Waals surface area contributed by atoms with Crippen molar-refractivity contribution in [1.29, 1.82) is 0 Å². The normalized spacial score (nSPS) is 12.2. The van der Waals surface area contributed by atoms with Gasteiger partial charge in [-0.15, -0.1) is 11.3 Å².